The number of rotatable bonds is 12. The molecule has 0 heterocycles. The lowest BCUT2D eigenvalue weighted by Crippen LogP contribution is -2.42. The summed E-state index contributed by atoms with van der Waals surface area (Å²) in [6.45, 7) is 6.35. The van der Waals surface area contributed by atoms with Gasteiger partial charge in [-0.1, -0.05) is 57.4 Å². The number of benzene rings is 2. The molecule has 0 aliphatic rings. The lowest BCUT2D eigenvalue weighted by atomic mass is 9.99. The van der Waals surface area contributed by atoms with E-state index in [0.717, 1.165) is 35.6 Å². The van der Waals surface area contributed by atoms with Crippen molar-refractivity contribution in [1.82, 2.24) is 5.32 Å². The zero-order valence-corrected chi connectivity index (χ0v) is 19.7. The van der Waals surface area contributed by atoms with Crippen molar-refractivity contribution in [2.45, 2.75) is 51.3 Å². The van der Waals surface area contributed by atoms with Crippen LogP contribution in [0.2, 0.25) is 0 Å². The summed E-state index contributed by atoms with van der Waals surface area (Å²) in [5.74, 6) is 0.446. The second-order valence-electron chi connectivity index (χ2n) is 7.72. The van der Waals surface area contributed by atoms with Crippen LogP contribution in [-0.2, 0) is 14.8 Å². The van der Waals surface area contributed by atoms with Crippen molar-refractivity contribution in [3.05, 3.63) is 54.1 Å². The van der Waals surface area contributed by atoms with E-state index in [2.05, 4.69) is 19.2 Å². The fraction of sp³-hybridized carbons (Fsp3) is 0.458. The highest BCUT2D eigenvalue weighted by Gasteiger charge is 2.29. The van der Waals surface area contributed by atoms with Crippen LogP contribution in [0, 0.1) is 12.8 Å². The van der Waals surface area contributed by atoms with Gasteiger partial charge in [-0.05, 0) is 49.1 Å². The normalized spacial score (nSPS) is 12.3. The summed E-state index contributed by atoms with van der Waals surface area (Å²) < 4.78 is 33.5. The second kappa shape index (κ2) is 11.7. The number of nitrogens with zero attached hydrogens (tertiary/aromatic N) is 1. The topological polar surface area (TPSA) is 75.7 Å². The minimum atomic E-state index is -3.96. The molecule has 0 bridgehead atoms. The highest BCUT2D eigenvalue weighted by molar-refractivity contribution is 7.92. The van der Waals surface area contributed by atoms with Gasteiger partial charge in [-0.25, -0.2) is 8.42 Å². The van der Waals surface area contributed by atoms with Gasteiger partial charge in [0.25, 0.3) is 10.0 Å². The summed E-state index contributed by atoms with van der Waals surface area (Å²) in [4.78, 5) is 13.0. The van der Waals surface area contributed by atoms with E-state index in [9.17, 15) is 13.2 Å². The molecule has 0 aliphatic heterocycles. The molecule has 1 atom stereocenters. The summed E-state index contributed by atoms with van der Waals surface area (Å²) in [5, 5.41) is 2.93. The zero-order valence-electron chi connectivity index (χ0n) is 18.9. The van der Waals surface area contributed by atoms with Crippen molar-refractivity contribution in [2.24, 2.45) is 5.92 Å². The van der Waals surface area contributed by atoms with E-state index in [0.29, 0.717) is 23.9 Å². The molecule has 31 heavy (non-hydrogen) atoms. The van der Waals surface area contributed by atoms with Crippen LogP contribution in [0.4, 0.5) is 5.69 Å². The van der Waals surface area contributed by atoms with Crippen LogP contribution in [0.3, 0.4) is 0 Å². The SMILES string of the molecule is CCCC[C@H](CC)CNC(=O)CN(c1cc(C)ccc1OC)S(=O)(=O)c1ccccc1. The number of unbranched alkanes of at least 4 members (excludes halogenated alkanes) is 1. The van der Waals surface area contributed by atoms with Crippen molar-refractivity contribution in [1.29, 1.82) is 0 Å². The van der Waals surface area contributed by atoms with Crippen LogP contribution in [0.15, 0.2) is 53.4 Å². The molecule has 1 amide bonds. The standard InChI is InChI=1S/C24H34N2O4S/c1-5-7-11-20(6-2)17-25-24(27)18-26(22-16-19(3)14-15-23(22)30-4)31(28,29)21-12-9-8-10-13-21/h8-10,12-16,20H,5-7,11,17-18H2,1-4H3,(H,25,27)/t20-/m0/s1. The predicted molar refractivity (Wildman–Crippen MR) is 125 cm³/mol. The van der Waals surface area contributed by atoms with Crippen LogP contribution < -0.4 is 14.4 Å². The molecule has 0 unspecified atom stereocenters. The first-order valence-corrected chi connectivity index (χ1v) is 12.3. The van der Waals surface area contributed by atoms with Crippen LogP contribution in [-0.4, -0.2) is 34.5 Å². The van der Waals surface area contributed by atoms with Gasteiger partial charge in [-0.3, -0.25) is 9.10 Å². The van der Waals surface area contributed by atoms with Gasteiger partial charge in [0.05, 0.1) is 17.7 Å². The molecule has 0 fully saturated rings. The number of anilines is 1. The Balaban J connectivity index is 2.33. The molecule has 7 heteroatoms. The lowest BCUT2D eigenvalue weighted by Gasteiger charge is -2.26. The summed E-state index contributed by atoms with van der Waals surface area (Å²) in [5.41, 5.74) is 1.22. The first kappa shape index (κ1) is 24.7. The van der Waals surface area contributed by atoms with E-state index in [1.165, 1.54) is 19.2 Å². The highest BCUT2D eigenvalue weighted by atomic mass is 32.2. The largest absolute Gasteiger partial charge is 0.495 e. The van der Waals surface area contributed by atoms with Gasteiger partial charge in [-0.15, -0.1) is 0 Å². The van der Waals surface area contributed by atoms with Crippen LogP contribution >= 0.6 is 0 Å². The molecule has 6 nitrogen and oxygen atoms in total. The molecule has 0 saturated carbocycles. The number of amides is 1. The van der Waals surface area contributed by atoms with Crippen molar-refractivity contribution in [3.8, 4) is 5.75 Å². The lowest BCUT2D eigenvalue weighted by molar-refractivity contribution is -0.119. The molecular formula is C24H34N2O4S. The molecule has 0 aromatic heterocycles. The fourth-order valence-electron chi connectivity index (χ4n) is 3.40. The van der Waals surface area contributed by atoms with E-state index in [4.69, 9.17) is 4.74 Å². The average molecular weight is 447 g/mol. The summed E-state index contributed by atoms with van der Waals surface area (Å²) in [6.07, 6.45) is 4.24. The van der Waals surface area contributed by atoms with Crippen molar-refractivity contribution < 1.29 is 17.9 Å². The second-order valence-corrected chi connectivity index (χ2v) is 9.58. The van der Waals surface area contributed by atoms with E-state index in [1.807, 2.05) is 13.0 Å². The molecule has 1 N–H and O–H groups in total. The van der Waals surface area contributed by atoms with E-state index < -0.39 is 10.0 Å². The van der Waals surface area contributed by atoms with E-state index >= 15 is 0 Å². The summed E-state index contributed by atoms with van der Waals surface area (Å²) in [7, 11) is -2.48. The van der Waals surface area contributed by atoms with Crippen molar-refractivity contribution in [3.63, 3.8) is 0 Å². The third kappa shape index (κ3) is 6.72. The van der Waals surface area contributed by atoms with E-state index in [-0.39, 0.29) is 17.3 Å². The molecule has 2 rings (SSSR count). The number of carbonyl (C=O) groups is 1. The summed E-state index contributed by atoms with van der Waals surface area (Å²) in [6, 6.07) is 13.4. The maximum atomic E-state index is 13.5. The monoisotopic (exact) mass is 446 g/mol. The molecular weight excluding hydrogens is 412 g/mol. The maximum Gasteiger partial charge on any atom is 0.264 e. The third-order valence-corrected chi connectivity index (χ3v) is 7.13. The Morgan fingerprint density at radius 2 is 1.84 bits per heavy atom. The predicted octanol–water partition coefficient (Wildman–Crippen LogP) is 4.53. The number of aryl methyl sites for hydroxylation is 1. The Hall–Kier alpha value is -2.54. The number of hydrogen-bond donors (Lipinski definition) is 1. The van der Waals surface area contributed by atoms with Gasteiger partial charge in [0.15, 0.2) is 0 Å². The Morgan fingerprint density at radius 1 is 1.13 bits per heavy atom. The smallest absolute Gasteiger partial charge is 0.264 e. The van der Waals surface area contributed by atoms with Gasteiger partial charge < -0.3 is 10.1 Å². The number of nitrogens with one attached hydrogen (secondary N) is 1. The van der Waals surface area contributed by atoms with Gasteiger partial charge >= 0.3 is 0 Å². The number of ether oxygens (including phenoxy) is 1. The maximum absolute atomic E-state index is 13.5. The number of sulfonamides is 1. The molecule has 0 aliphatic carbocycles. The Labute approximate surface area is 186 Å². The van der Waals surface area contributed by atoms with Crippen molar-refractivity contribution >= 4 is 21.6 Å². The number of hydrogen-bond acceptors (Lipinski definition) is 4. The summed E-state index contributed by atoms with van der Waals surface area (Å²) >= 11 is 0. The van der Waals surface area contributed by atoms with Crippen LogP contribution in [0.25, 0.3) is 0 Å². The van der Waals surface area contributed by atoms with Crippen LogP contribution in [0.5, 0.6) is 5.75 Å². The molecule has 170 valence electrons. The minimum Gasteiger partial charge on any atom is -0.495 e. The first-order chi connectivity index (χ1) is 14.8. The zero-order chi connectivity index (χ0) is 22.9. The Kier molecular flexibility index (Phi) is 9.37. The Morgan fingerprint density at radius 3 is 2.45 bits per heavy atom. The number of methoxy groups -OCH3 is 1. The third-order valence-electron chi connectivity index (χ3n) is 5.35. The Bertz CT molecular complexity index is 945. The molecule has 2 aromatic carbocycles. The van der Waals surface area contributed by atoms with Crippen molar-refractivity contribution in [2.75, 3.05) is 24.5 Å². The van der Waals surface area contributed by atoms with Gasteiger partial charge in [-0.2, -0.15) is 0 Å². The first-order valence-electron chi connectivity index (χ1n) is 10.8. The van der Waals surface area contributed by atoms with Gasteiger partial charge in [0.2, 0.25) is 5.91 Å². The molecule has 0 spiro atoms. The van der Waals surface area contributed by atoms with E-state index in [1.54, 1.807) is 30.3 Å². The quantitative estimate of drug-likeness (QED) is 0.520. The highest BCUT2D eigenvalue weighted by Crippen LogP contribution is 2.33. The number of carbonyl (C=O) groups excluding carboxylic acids is 1. The average Bonchev–Trinajstić information content (AvgIpc) is 2.78. The fourth-order valence-corrected chi connectivity index (χ4v) is 4.85. The van der Waals surface area contributed by atoms with Gasteiger partial charge in [0, 0.05) is 6.54 Å². The minimum absolute atomic E-state index is 0.126. The molecule has 0 saturated heterocycles. The molecule has 2 aromatic rings. The van der Waals surface area contributed by atoms with Crippen LogP contribution in [0.1, 0.15) is 45.1 Å². The van der Waals surface area contributed by atoms with Gasteiger partial charge in [0.1, 0.15) is 12.3 Å². The molecule has 0 radical (unpaired) electrons.